The van der Waals surface area contributed by atoms with Crippen molar-refractivity contribution in [3.8, 4) is 0 Å². The molecule has 18 heavy (non-hydrogen) atoms. The molecule has 1 aromatic carbocycles. The summed E-state index contributed by atoms with van der Waals surface area (Å²) >= 11 is 5.56. The molecule has 0 bridgehead atoms. The monoisotopic (exact) mass is 279 g/mol. The lowest BCUT2D eigenvalue weighted by Gasteiger charge is -2.18. The third kappa shape index (κ3) is 2.11. The fourth-order valence-electron chi connectivity index (χ4n) is 2.39. The van der Waals surface area contributed by atoms with Gasteiger partial charge in [0.05, 0.1) is 10.6 Å². The van der Waals surface area contributed by atoms with Crippen LogP contribution in [0.15, 0.2) is 18.2 Å². The van der Waals surface area contributed by atoms with Crippen LogP contribution < -0.4 is 5.73 Å². The van der Waals surface area contributed by atoms with Crippen LogP contribution in [0.3, 0.4) is 0 Å². The number of aliphatic hydroxyl groups is 1. The lowest BCUT2D eigenvalue weighted by Crippen LogP contribution is -2.24. The van der Waals surface area contributed by atoms with Crippen LogP contribution >= 0.6 is 11.6 Å². The van der Waals surface area contributed by atoms with Crippen LogP contribution in [0.4, 0.5) is 13.2 Å². The first-order valence-corrected chi connectivity index (χ1v) is 5.91. The molecule has 2 rings (SSSR count). The summed E-state index contributed by atoms with van der Waals surface area (Å²) in [5, 5.41) is 8.79. The molecule has 1 aliphatic carbocycles. The van der Waals surface area contributed by atoms with Gasteiger partial charge in [0.2, 0.25) is 0 Å². The van der Waals surface area contributed by atoms with Gasteiger partial charge in [-0.15, -0.1) is 0 Å². The van der Waals surface area contributed by atoms with E-state index in [0.29, 0.717) is 12.0 Å². The quantitative estimate of drug-likeness (QED) is 0.893. The number of hydrogen-bond donors (Lipinski definition) is 2. The molecule has 1 saturated carbocycles. The van der Waals surface area contributed by atoms with Crippen molar-refractivity contribution in [3.05, 3.63) is 34.3 Å². The standard InChI is InChI=1S/C12H13ClF3NO/c13-10-2-1-7(3-9(10)12(14,15)16)11(6-17)4-8(11)5-18/h1-3,8,18H,4-6,17H2/t8-,11+/m1/s1. The fourth-order valence-corrected chi connectivity index (χ4v) is 2.62. The third-order valence-electron chi connectivity index (χ3n) is 3.66. The van der Waals surface area contributed by atoms with E-state index in [1.54, 1.807) is 6.07 Å². The SMILES string of the molecule is NC[C@]1(c2ccc(Cl)c(C(F)(F)F)c2)C[C@@H]1CO. The number of halogens is 4. The summed E-state index contributed by atoms with van der Waals surface area (Å²) in [6.45, 7) is 0.151. The van der Waals surface area contributed by atoms with Crippen molar-refractivity contribution < 1.29 is 18.3 Å². The van der Waals surface area contributed by atoms with Crippen molar-refractivity contribution in [1.82, 2.24) is 0 Å². The largest absolute Gasteiger partial charge is 0.417 e. The topological polar surface area (TPSA) is 46.2 Å². The number of nitrogens with two attached hydrogens (primary N) is 1. The van der Waals surface area contributed by atoms with E-state index in [1.165, 1.54) is 6.07 Å². The first-order valence-electron chi connectivity index (χ1n) is 5.53. The molecule has 1 aliphatic rings. The average Bonchev–Trinajstić information content (AvgIpc) is 3.03. The normalized spacial score (nSPS) is 27.3. The van der Waals surface area contributed by atoms with Crippen molar-refractivity contribution in [1.29, 1.82) is 0 Å². The molecular formula is C12H13ClF3NO. The van der Waals surface area contributed by atoms with E-state index in [-0.39, 0.29) is 24.1 Å². The van der Waals surface area contributed by atoms with Crippen molar-refractivity contribution in [2.45, 2.75) is 18.0 Å². The van der Waals surface area contributed by atoms with Crippen LogP contribution in [0.5, 0.6) is 0 Å². The molecule has 0 amide bonds. The molecular weight excluding hydrogens is 267 g/mol. The molecule has 0 spiro atoms. The highest BCUT2D eigenvalue weighted by Gasteiger charge is 2.54. The first kappa shape index (κ1) is 13.6. The van der Waals surface area contributed by atoms with Crippen LogP contribution in [0.1, 0.15) is 17.5 Å². The van der Waals surface area contributed by atoms with Crippen LogP contribution in [0, 0.1) is 5.92 Å². The Balaban J connectivity index is 2.42. The number of benzene rings is 1. The Morgan fingerprint density at radius 1 is 1.44 bits per heavy atom. The van der Waals surface area contributed by atoms with Gasteiger partial charge in [0.15, 0.2) is 0 Å². The molecule has 0 aliphatic heterocycles. The van der Waals surface area contributed by atoms with E-state index in [0.717, 1.165) is 6.07 Å². The van der Waals surface area contributed by atoms with Gasteiger partial charge >= 0.3 is 6.18 Å². The summed E-state index contributed by atoms with van der Waals surface area (Å²) in [5.41, 5.74) is 4.76. The van der Waals surface area contributed by atoms with Gasteiger partial charge in [-0.05, 0) is 30.0 Å². The van der Waals surface area contributed by atoms with Gasteiger partial charge in [0, 0.05) is 18.6 Å². The molecule has 6 heteroatoms. The Morgan fingerprint density at radius 3 is 2.56 bits per heavy atom. The van der Waals surface area contributed by atoms with Crippen molar-refractivity contribution in [3.63, 3.8) is 0 Å². The highest BCUT2D eigenvalue weighted by atomic mass is 35.5. The molecule has 1 fully saturated rings. The number of alkyl halides is 3. The maximum Gasteiger partial charge on any atom is 0.417 e. The van der Waals surface area contributed by atoms with E-state index < -0.39 is 17.2 Å². The average molecular weight is 280 g/mol. The lowest BCUT2D eigenvalue weighted by atomic mass is 9.92. The van der Waals surface area contributed by atoms with E-state index in [4.69, 9.17) is 22.4 Å². The first-order chi connectivity index (χ1) is 8.35. The van der Waals surface area contributed by atoms with Crippen LogP contribution in [0.2, 0.25) is 5.02 Å². The Kier molecular flexibility index (Phi) is 3.34. The Labute approximate surface area is 108 Å². The van der Waals surface area contributed by atoms with Gasteiger partial charge in [-0.25, -0.2) is 0 Å². The van der Waals surface area contributed by atoms with Crippen LogP contribution in [-0.2, 0) is 11.6 Å². The van der Waals surface area contributed by atoms with E-state index >= 15 is 0 Å². The van der Waals surface area contributed by atoms with E-state index in [9.17, 15) is 13.2 Å². The van der Waals surface area contributed by atoms with Gasteiger partial charge in [-0.2, -0.15) is 13.2 Å². The third-order valence-corrected chi connectivity index (χ3v) is 3.99. The summed E-state index contributed by atoms with van der Waals surface area (Å²) in [6.07, 6.45) is -3.87. The van der Waals surface area contributed by atoms with Crippen molar-refractivity contribution in [2.75, 3.05) is 13.2 Å². The summed E-state index contributed by atoms with van der Waals surface area (Å²) in [6, 6.07) is 3.84. The number of rotatable bonds is 3. The van der Waals surface area contributed by atoms with Crippen molar-refractivity contribution >= 4 is 11.6 Å². The molecule has 0 radical (unpaired) electrons. The van der Waals surface area contributed by atoms with Gasteiger partial charge in [0.25, 0.3) is 0 Å². The Bertz CT molecular complexity index is 463. The molecule has 100 valence electrons. The summed E-state index contributed by atoms with van der Waals surface area (Å²) in [5.74, 6) is -0.0650. The van der Waals surface area contributed by atoms with Crippen molar-refractivity contribution in [2.24, 2.45) is 11.7 Å². The highest BCUT2D eigenvalue weighted by molar-refractivity contribution is 6.31. The summed E-state index contributed by atoms with van der Waals surface area (Å²) < 4.78 is 38.3. The second-order valence-electron chi connectivity index (χ2n) is 4.64. The maximum absolute atomic E-state index is 12.8. The minimum Gasteiger partial charge on any atom is -0.396 e. The van der Waals surface area contributed by atoms with Crippen LogP contribution in [-0.4, -0.2) is 18.3 Å². The zero-order valence-electron chi connectivity index (χ0n) is 9.47. The highest BCUT2D eigenvalue weighted by Crippen LogP contribution is 2.54. The summed E-state index contributed by atoms with van der Waals surface area (Å²) in [4.78, 5) is 0. The maximum atomic E-state index is 12.8. The molecule has 0 unspecified atom stereocenters. The molecule has 3 N–H and O–H groups in total. The van der Waals surface area contributed by atoms with Gasteiger partial charge in [0.1, 0.15) is 0 Å². The minimum atomic E-state index is -4.48. The second kappa shape index (κ2) is 4.40. The van der Waals surface area contributed by atoms with Crippen LogP contribution in [0.25, 0.3) is 0 Å². The molecule has 0 heterocycles. The van der Waals surface area contributed by atoms with E-state index in [2.05, 4.69) is 0 Å². The Hall–Kier alpha value is -0.780. The predicted molar refractivity (Wildman–Crippen MR) is 62.4 cm³/mol. The minimum absolute atomic E-state index is 0.0650. The molecule has 0 saturated heterocycles. The van der Waals surface area contributed by atoms with Gasteiger partial charge < -0.3 is 10.8 Å². The lowest BCUT2D eigenvalue weighted by molar-refractivity contribution is -0.137. The predicted octanol–water partition coefficient (Wildman–Crippen LogP) is 2.57. The number of aliphatic hydroxyl groups excluding tert-OH is 1. The molecule has 2 atom stereocenters. The Morgan fingerprint density at radius 2 is 2.11 bits per heavy atom. The zero-order chi connectivity index (χ0) is 13.6. The number of hydrogen-bond acceptors (Lipinski definition) is 2. The second-order valence-corrected chi connectivity index (χ2v) is 5.04. The zero-order valence-corrected chi connectivity index (χ0v) is 10.2. The van der Waals surface area contributed by atoms with Gasteiger partial charge in [-0.1, -0.05) is 17.7 Å². The molecule has 2 nitrogen and oxygen atoms in total. The fraction of sp³-hybridized carbons (Fsp3) is 0.500. The molecule has 0 aromatic heterocycles. The van der Waals surface area contributed by atoms with E-state index in [1.807, 2.05) is 0 Å². The molecule has 1 aromatic rings. The summed E-state index contributed by atoms with van der Waals surface area (Å²) in [7, 11) is 0. The van der Waals surface area contributed by atoms with Gasteiger partial charge in [-0.3, -0.25) is 0 Å². The smallest absolute Gasteiger partial charge is 0.396 e.